The lowest BCUT2D eigenvalue weighted by Gasteiger charge is -2.41. The van der Waals surface area contributed by atoms with Gasteiger partial charge in [-0.2, -0.15) is 0 Å². The zero-order valence-electron chi connectivity index (χ0n) is 20.5. The van der Waals surface area contributed by atoms with Crippen LogP contribution < -0.4 is 15.5 Å². The third-order valence-electron chi connectivity index (χ3n) is 6.39. The lowest BCUT2D eigenvalue weighted by molar-refractivity contribution is -0.126. The number of anilines is 2. The number of H-pyrrole nitrogens is 1. The Kier molecular flexibility index (Phi) is 6.25. The highest BCUT2D eigenvalue weighted by Crippen LogP contribution is 2.36. The molecule has 188 valence electrons. The first-order valence-electron chi connectivity index (χ1n) is 11.9. The fourth-order valence-corrected chi connectivity index (χ4v) is 5.21. The maximum absolute atomic E-state index is 13.7. The predicted molar refractivity (Wildman–Crippen MR) is 140 cm³/mol. The van der Waals surface area contributed by atoms with Crippen LogP contribution in [-0.4, -0.2) is 57.2 Å². The molecule has 0 atom stereocenters. The summed E-state index contributed by atoms with van der Waals surface area (Å²) in [4.78, 5) is 44.5. The van der Waals surface area contributed by atoms with Gasteiger partial charge in [0.15, 0.2) is 0 Å². The van der Waals surface area contributed by atoms with Gasteiger partial charge in [0.2, 0.25) is 5.91 Å². The maximum Gasteiger partial charge on any atom is 0.407 e. The molecule has 0 saturated carbocycles. The number of benzene rings is 1. The Balaban J connectivity index is 1.35. The van der Waals surface area contributed by atoms with E-state index in [2.05, 4.69) is 35.5 Å². The van der Waals surface area contributed by atoms with Crippen molar-refractivity contribution in [1.29, 1.82) is 0 Å². The van der Waals surface area contributed by atoms with Crippen molar-refractivity contribution in [3.8, 4) is 0 Å². The van der Waals surface area contributed by atoms with Gasteiger partial charge in [-0.25, -0.2) is 19.7 Å². The zero-order valence-corrected chi connectivity index (χ0v) is 21.3. The number of hydrogen-bond acceptors (Lipinski definition) is 8. The van der Waals surface area contributed by atoms with Crippen LogP contribution in [0.15, 0.2) is 42.3 Å². The summed E-state index contributed by atoms with van der Waals surface area (Å²) in [6, 6.07) is 7.64. The standard InChI is InChI=1S/C25H29N7O3S/c1-24(2,3)35-23(34)27-13-25(22(33)31-16-4-5-18-19(12-16)36-15-30-18)7-10-32(11-8-25)21-17-6-9-26-20(17)28-14-29-21/h4-6,9,12,14-15H,7-8,10-11,13H2,1-3H3,(H,27,34)(H,31,33)(H,26,28,29). The second kappa shape index (κ2) is 9.38. The van der Waals surface area contributed by atoms with Gasteiger partial charge >= 0.3 is 6.09 Å². The third-order valence-corrected chi connectivity index (χ3v) is 7.19. The fourth-order valence-electron chi connectivity index (χ4n) is 4.49. The average molecular weight is 508 g/mol. The first-order chi connectivity index (χ1) is 17.2. The number of piperidine rings is 1. The Labute approximate surface area is 212 Å². The minimum Gasteiger partial charge on any atom is -0.444 e. The molecule has 1 aliphatic heterocycles. The minimum atomic E-state index is -0.805. The second-order valence-corrected chi connectivity index (χ2v) is 10.9. The number of thiazole rings is 1. The summed E-state index contributed by atoms with van der Waals surface area (Å²) < 4.78 is 6.43. The molecule has 3 aromatic heterocycles. The number of nitrogens with one attached hydrogen (secondary N) is 3. The quantitative estimate of drug-likeness (QED) is 0.367. The Hall–Kier alpha value is -3.73. The molecule has 4 aromatic rings. The van der Waals surface area contributed by atoms with E-state index in [1.807, 2.05) is 51.2 Å². The van der Waals surface area contributed by atoms with E-state index in [-0.39, 0.29) is 12.5 Å². The molecule has 11 heteroatoms. The van der Waals surface area contributed by atoms with Crippen molar-refractivity contribution in [2.45, 2.75) is 39.2 Å². The molecule has 0 spiro atoms. The third kappa shape index (κ3) is 4.97. The number of hydrogen-bond donors (Lipinski definition) is 3. The summed E-state index contributed by atoms with van der Waals surface area (Å²) >= 11 is 1.52. The van der Waals surface area contributed by atoms with E-state index in [1.54, 1.807) is 11.8 Å². The highest BCUT2D eigenvalue weighted by molar-refractivity contribution is 7.16. The van der Waals surface area contributed by atoms with E-state index in [0.717, 1.165) is 27.1 Å². The molecule has 10 nitrogen and oxygen atoms in total. The van der Waals surface area contributed by atoms with Crippen LogP contribution in [0, 0.1) is 5.41 Å². The molecule has 2 amide bonds. The van der Waals surface area contributed by atoms with Gasteiger partial charge in [0.1, 0.15) is 23.4 Å². The molecular formula is C25H29N7O3S. The number of rotatable bonds is 5. The number of carbonyl (C=O) groups is 2. The monoisotopic (exact) mass is 507 g/mol. The minimum absolute atomic E-state index is 0.128. The highest BCUT2D eigenvalue weighted by atomic mass is 32.1. The van der Waals surface area contributed by atoms with Gasteiger partial charge < -0.3 is 25.3 Å². The lowest BCUT2D eigenvalue weighted by atomic mass is 9.77. The van der Waals surface area contributed by atoms with Crippen LogP contribution in [0.1, 0.15) is 33.6 Å². The molecule has 4 heterocycles. The molecule has 0 aliphatic carbocycles. The van der Waals surface area contributed by atoms with E-state index >= 15 is 0 Å². The Morgan fingerprint density at radius 1 is 1.17 bits per heavy atom. The number of aromatic amines is 1. The van der Waals surface area contributed by atoms with Gasteiger partial charge in [0.25, 0.3) is 0 Å². The highest BCUT2D eigenvalue weighted by Gasteiger charge is 2.42. The van der Waals surface area contributed by atoms with Crippen LogP contribution >= 0.6 is 11.3 Å². The Bertz CT molecular complexity index is 1400. The van der Waals surface area contributed by atoms with Crippen LogP contribution in [0.25, 0.3) is 21.3 Å². The van der Waals surface area contributed by atoms with Gasteiger partial charge in [-0.1, -0.05) is 0 Å². The lowest BCUT2D eigenvalue weighted by Crippen LogP contribution is -2.53. The average Bonchev–Trinajstić information content (AvgIpc) is 3.51. The van der Waals surface area contributed by atoms with E-state index < -0.39 is 17.1 Å². The molecule has 0 bridgehead atoms. The number of nitrogens with zero attached hydrogens (tertiary/aromatic N) is 4. The summed E-state index contributed by atoms with van der Waals surface area (Å²) in [6.45, 7) is 6.82. The zero-order chi connectivity index (χ0) is 25.3. The largest absolute Gasteiger partial charge is 0.444 e. The molecule has 1 fully saturated rings. The molecule has 3 N–H and O–H groups in total. The van der Waals surface area contributed by atoms with Crippen molar-refractivity contribution in [2.75, 3.05) is 29.9 Å². The molecule has 36 heavy (non-hydrogen) atoms. The number of ether oxygens (including phenoxy) is 1. The van der Waals surface area contributed by atoms with Gasteiger partial charge in [0.05, 0.1) is 26.5 Å². The van der Waals surface area contributed by atoms with E-state index in [0.29, 0.717) is 31.6 Å². The second-order valence-electron chi connectivity index (χ2n) is 10.0. The van der Waals surface area contributed by atoms with Crippen LogP contribution in [-0.2, 0) is 9.53 Å². The summed E-state index contributed by atoms with van der Waals surface area (Å²) in [5.74, 6) is 0.711. The van der Waals surface area contributed by atoms with Gasteiger partial charge in [0, 0.05) is 31.5 Å². The van der Waals surface area contributed by atoms with E-state index in [1.165, 1.54) is 11.3 Å². The van der Waals surface area contributed by atoms with Crippen molar-refractivity contribution in [2.24, 2.45) is 5.41 Å². The van der Waals surface area contributed by atoms with Crippen LogP contribution in [0.3, 0.4) is 0 Å². The number of aromatic nitrogens is 4. The van der Waals surface area contributed by atoms with Crippen LogP contribution in [0.4, 0.5) is 16.3 Å². The number of alkyl carbamates (subject to hydrolysis) is 1. The van der Waals surface area contributed by atoms with Gasteiger partial charge in [-0.3, -0.25) is 4.79 Å². The summed E-state index contributed by atoms with van der Waals surface area (Å²) in [5.41, 5.74) is 2.74. The smallest absolute Gasteiger partial charge is 0.407 e. The molecule has 0 radical (unpaired) electrons. The topological polar surface area (TPSA) is 125 Å². The number of carbonyl (C=O) groups excluding carboxylic acids is 2. The van der Waals surface area contributed by atoms with E-state index in [9.17, 15) is 9.59 Å². The van der Waals surface area contributed by atoms with Crippen molar-refractivity contribution < 1.29 is 14.3 Å². The summed E-state index contributed by atoms with van der Waals surface area (Å²) in [6.07, 6.45) is 3.92. The van der Waals surface area contributed by atoms with E-state index in [4.69, 9.17) is 4.74 Å². The van der Waals surface area contributed by atoms with Crippen molar-refractivity contribution >= 4 is 56.1 Å². The molecule has 1 saturated heterocycles. The first-order valence-corrected chi connectivity index (χ1v) is 12.8. The van der Waals surface area contributed by atoms with Gasteiger partial charge in [-0.15, -0.1) is 11.3 Å². The molecule has 5 rings (SSSR count). The first kappa shape index (κ1) is 24.0. The fraction of sp³-hybridized carbons (Fsp3) is 0.400. The van der Waals surface area contributed by atoms with Crippen molar-refractivity contribution in [3.63, 3.8) is 0 Å². The summed E-state index contributed by atoms with van der Waals surface area (Å²) in [5, 5.41) is 6.87. The Morgan fingerprint density at radius 2 is 1.97 bits per heavy atom. The number of amides is 2. The Morgan fingerprint density at radius 3 is 2.75 bits per heavy atom. The normalized spacial score (nSPS) is 15.7. The SMILES string of the molecule is CC(C)(C)OC(=O)NCC1(C(=O)Nc2ccc3ncsc3c2)CCN(c2ncnc3[nH]ccc23)CC1. The van der Waals surface area contributed by atoms with Crippen LogP contribution in [0.5, 0.6) is 0 Å². The predicted octanol–water partition coefficient (Wildman–Crippen LogP) is 4.32. The molecular weight excluding hydrogens is 478 g/mol. The van der Waals surface area contributed by atoms with Crippen molar-refractivity contribution in [3.05, 3.63) is 42.3 Å². The molecule has 1 aromatic carbocycles. The van der Waals surface area contributed by atoms with Crippen LogP contribution in [0.2, 0.25) is 0 Å². The van der Waals surface area contributed by atoms with Crippen molar-refractivity contribution in [1.82, 2.24) is 25.3 Å². The molecule has 1 aliphatic rings. The van der Waals surface area contributed by atoms with Gasteiger partial charge in [-0.05, 0) is 57.9 Å². The number of fused-ring (bicyclic) bond motifs is 2. The molecule has 0 unspecified atom stereocenters. The summed E-state index contributed by atoms with van der Waals surface area (Å²) in [7, 11) is 0. The maximum atomic E-state index is 13.7.